The van der Waals surface area contributed by atoms with E-state index in [2.05, 4.69) is 10.6 Å². The molecule has 2 aromatic rings. The fraction of sp³-hybridized carbons (Fsp3) is 0.222. The number of halogens is 1. The highest BCUT2D eigenvalue weighted by Gasteiger charge is 2.10. The molecule has 0 bridgehead atoms. The zero-order chi connectivity index (χ0) is 17.7. The van der Waals surface area contributed by atoms with Gasteiger partial charge in [-0.2, -0.15) is 0 Å². The Bertz CT molecular complexity index is 775. The number of amides is 2. The summed E-state index contributed by atoms with van der Waals surface area (Å²) in [7, 11) is 0. The van der Waals surface area contributed by atoms with Crippen LogP contribution >= 0.6 is 0 Å². The lowest BCUT2D eigenvalue weighted by atomic mass is 10.1. The van der Waals surface area contributed by atoms with E-state index < -0.39 is 12.4 Å². The van der Waals surface area contributed by atoms with Crippen molar-refractivity contribution in [2.24, 2.45) is 0 Å². The average Bonchev–Trinajstić information content (AvgIpc) is 2.55. The summed E-state index contributed by atoms with van der Waals surface area (Å²) in [6.07, 6.45) is 0. The van der Waals surface area contributed by atoms with Crippen molar-refractivity contribution in [3.63, 3.8) is 0 Å². The van der Waals surface area contributed by atoms with Crippen LogP contribution in [-0.2, 0) is 17.9 Å². The molecule has 2 rings (SSSR count). The van der Waals surface area contributed by atoms with Crippen LogP contribution in [0.3, 0.4) is 0 Å². The number of aliphatic hydroxyl groups is 1. The molecule has 126 valence electrons. The normalized spacial score (nSPS) is 10.3. The first-order valence-corrected chi connectivity index (χ1v) is 7.45. The molecule has 6 heteroatoms. The van der Waals surface area contributed by atoms with Gasteiger partial charge < -0.3 is 15.7 Å². The summed E-state index contributed by atoms with van der Waals surface area (Å²) in [6.45, 7) is 3.04. The third kappa shape index (κ3) is 4.39. The van der Waals surface area contributed by atoms with E-state index in [9.17, 15) is 14.0 Å². The molecule has 3 N–H and O–H groups in total. The van der Waals surface area contributed by atoms with Gasteiger partial charge in [-0.25, -0.2) is 4.39 Å². The van der Waals surface area contributed by atoms with Gasteiger partial charge >= 0.3 is 0 Å². The standard InChI is InChI=1S/C18H19FN2O3/c1-11-3-5-14(8-17(11)21-12(2)23)18(24)20-9-13-4-6-16(19)15(7-13)10-22/h3-8,22H,9-10H2,1-2H3,(H,20,24)(H,21,23). The SMILES string of the molecule is CC(=O)Nc1cc(C(=O)NCc2ccc(F)c(CO)c2)ccc1C. The molecule has 0 aromatic heterocycles. The van der Waals surface area contributed by atoms with Gasteiger partial charge in [0.2, 0.25) is 5.91 Å². The van der Waals surface area contributed by atoms with Crippen molar-refractivity contribution in [3.05, 3.63) is 64.5 Å². The van der Waals surface area contributed by atoms with Crippen molar-refractivity contribution in [1.29, 1.82) is 0 Å². The molecule has 0 aliphatic heterocycles. The fourth-order valence-corrected chi connectivity index (χ4v) is 2.23. The highest BCUT2D eigenvalue weighted by molar-refractivity contribution is 5.97. The van der Waals surface area contributed by atoms with Gasteiger partial charge in [0.1, 0.15) is 5.82 Å². The summed E-state index contributed by atoms with van der Waals surface area (Å²) >= 11 is 0. The quantitative estimate of drug-likeness (QED) is 0.788. The van der Waals surface area contributed by atoms with Crippen molar-refractivity contribution >= 4 is 17.5 Å². The molecular formula is C18H19FN2O3. The Morgan fingerprint density at radius 2 is 1.92 bits per heavy atom. The van der Waals surface area contributed by atoms with Crippen LogP contribution in [0, 0.1) is 12.7 Å². The minimum atomic E-state index is -0.480. The maximum absolute atomic E-state index is 13.3. The number of hydrogen-bond donors (Lipinski definition) is 3. The number of anilines is 1. The number of carbonyl (C=O) groups is 2. The number of nitrogens with one attached hydrogen (secondary N) is 2. The summed E-state index contributed by atoms with van der Waals surface area (Å²) in [5.41, 5.74) is 2.72. The largest absolute Gasteiger partial charge is 0.392 e. The summed E-state index contributed by atoms with van der Waals surface area (Å²) in [5, 5.41) is 14.5. The maximum Gasteiger partial charge on any atom is 0.251 e. The van der Waals surface area contributed by atoms with Gasteiger partial charge in [0.15, 0.2) is 0 Å². The lowest BCUT2D eigenvalue weighted by Gasteiger charge is -2.10. The number of aryl methyl sites for hydroxylation is 1. The van der Waals surface area contributed by atoms with Crippen LogP contribution < -0.4 is 10.6 Å². The first-order valence-electron chi connectivity index (χ1n) is 7.45. The molecule has 0 spiro atoms. The summed E-state index contributed by atoms with van der Waals surface area (Å²) < 4.78 is 13.3. The van der Waals surface area contributed by atoms with Crippen molar-refractivity contribution in [2.45, 2.75) is 27.0 Å². The molecule has 24 heavy (non-hydrogen) atoms. The highest BCUT2D eigenvalue weighted by Crippen LogP contribution is 2.17. The van der Waals surface area contributed by atoms with Gasteiger partial charge in [-0.3, -0.25) is 9.59 Å². The summed E-state index contributed by atoms with van der Waals surface area (Å²) in [4.78, 5) is 23.4. The molecule has 0 aliphatic carbocycles. The van der Waals surface area contributed by atoms with E-state index in [1.807, 2.05) is 6.92 Å². The fourth-order valence-electron chi connectivity index (χ4n) is 2.23. The average molecular weight is 330 g/mol. The summed E-state index contributed by atoms with van der Waals surface area (Å²) in [6, 6.07) is 9.34. The molecule has 0 saturated carbocycles. The number of carbonyl (C=O) groups excluding carboxylic acids is 2. The molecule has 0 fully saturated rings. The Kier molecular flexibility index (Phi) is 5.65. The second kappa shape index (κ2) is 7.70. The molecule has 0 unspecified atom stereocenters. The Labute approximate surface area is 139 Å². The molecule has 0 atom stereocenters. The third-order valence-electron chi connectivity index (χ3n) is 3.54. The van der Waals surface area contributed by atoms with Crippen molar-refractivity contribution < 1.29 is 19.1 Å². The predicted molar refractivity (Wildman–Crippen MR) is 89.0 cm³/mol. The summed E-state index contributed by atoms with van der Waals surface area (Å²) in [5.74, 6) is -0.999. The van der Waals surface area contributed by atoms with Gasteiger partial charge in [-0.05, 0) is 42.3 Å². The van der Waals surface area contributed by atoms with Gasteiger partial charge in [-0.15, -0.1) is 0 Å². The molecule has 5 nitrogen and oxygen atoms in total. The monoisotopic (exact) mass is 330 g/mol. The molecule has 2 aromatic carbocycles. The van der Waals surface area contributed by atoms with Crippen molar-refractivity contribution in [2.75, 3.05) is 5.32 Å². The van der Waals surface area contributed by atoms with Crippen LogP contribution in [-0.4, -0.2) is 16.9 Å². The van der Waals surface area contributed by atoms with Gasteiger partial charge in [-0.1, -0.05) is 12.1 Å². The minimum absolute atomic E-state index is 0.185. The van der Waals surface area contributed by atoms with E-state index in [0.717, 1.165) is 5.56 Å². The molecule has 2 amide bonds. The third-order valence-corrected chi connectivity index (χ3v) is 3.54. The first kappa shape index (κ1) is 17.6. The zero-order valence-corrected chi connectivity index (χ0v) is 13.5. The van der Waals surface area contributed by atoms with Gasteiger partial charge in [0.25, 0.3) is 5.91 Å². The second-order valence-corrected chi connectivity index (χ2v) is 5.48. The van der Waals surface area contributed by atoms with Crippen LogP contribution in [0.5, 0.6) is 0 Å². The zero-order valence-electron chi connectivity index (χ0n) is 13.5. The highest BCUT2D eigenvalue weighted by atomic mass is 19.1. The Hall–Kier alpha value is -2.73. The second-order valence-electron chi connectivity index (χ2n) is 5.48. The van der Waals surface area contributed by atoms with E-state index in [0.29, 0.717) is 16.8 Å². The van der Waals surface area contributed by atoms with Crippen molar-refractivity contribution in [1.82, 2.24) is 5.32 Å². The van der Waals surface area contributed by atoms with Crippen molar-refractivity contribution in [3.8, 4) is 0 Å². The van der Waals surface area contributed by atoms with Crippen LogP contribution in [0.25, 0.3) is 0 Å². The lowest BCUT2D eigenvalue weighted by Crippen LogP contribution is -2.23. The molecule has 0 aliphatic rings. The van der Waals surface area contributed by atoms with Gasteiger partial charge in [0, 0.05) is 30.3 Å². The van der Waals surface area contributed by atoms with Crippen LogP contribution in [0.15, 0.2) is 36.4 Å². The number of hydrogen-bond acceptors (Lipinski definition) is 3. The Balaban J connectivity index is 2.08. The van der Waals surface area contributed by atoms with Crippen LogP contribution in [0.2, 0.25) is 0 Å². The van der Waals surface area contributed by atoms with E-state index >= 15 is 0 Å². The lowest BCUT2D eigenvalue weighted by molar-refractivity contribution is -0.114. The van der Waals surface area contributed by atoms with E-state index in [-0.39, 0.29) is 23.9 Å². The number of rotatable bonds is 5. The number of benzene rings is 2. The molecular weight excluding hydrogens is 311 g/mol. The Morgan fingerprint density at radius 1 is 1.17 bits per heavy atom. The van der Waals surface area contributed by atoms with Crippen LogP contribution in [0.1, 0.15) is 34.0 Å². The van der Waals surface area contributed by atoms with E-state index in [1.165, 1.54) is 19.1 Å². The molecule has 0 heterocycles. The molecule has 0 radical (unpaired) electrons. The number of aliphatic hydroxyl groups excluding tert-OH is 1. The van der Waals surface area contributed by atoms with E-state index in [4.69, 9.17) is 5.11 Å². The van der Waals surface area contributed by atoms with Gasteiger partial charge in [0.05, 0.1) is 6.61 Å². The predicted octanol–water partition coefficient (Wildman–Crippen LogP) is 2.51. The maximum atomic E-state index is 13.3. The minimum Gasteiger partial charge on any atom is -0.392 e. The van der Waals surface area contributed by atoms with E-state index in [1.54, 1.807) is 24.3 Å². The Morgan fingerprint density at radius 3 is 2.58 bits per heavy atom. The smallest absolute Gasteiger partial charge is 0.251 e. The molecule has 0 saturated heterocycles. The topological polar surface area (TPSA) is 78.4 Å². The van der Waals surface area contributed by atoms with Crippen LogP contribution in [0.4, 0.5) is 10.1 Å². The first-order chi connectivity index (χ1) is 11.4.